The van der Waals surface area contributed by atoms with Gasteiger partial charge in [0.1, 0.15) is 19.0 Å². The third-order valence-electron chi connectivity index (χ3n) is 3.72. The molecule has 4 nitrogen and oxygen atoms in total. The van der Waals surface area contributed by atoms with Gasteiger partial charge in [-0.15, -0.1) is 0 Å². The molecule has 1 fully saturated rings. The van der Waals surface area contributed by atoms with E-state index in [9.17, 15) is 4.79 Å². The summed E-state index contributed by atoms with van der Waals surface area (Å²) in [7, 11) is 0. The maximum Gasteiger partial charge on any atom is 0.161 e. The molecule has 0 bridgehead atoms. The van der Waals surface area contributed by atoms with Crippen molar-refractivity contribution in [3.63, 3.8) is 0 Å². The number of hydrogen-bond acceptors (Lipinski definition) is 4. The number of carbonyl (C=O) groups excluding carboxylic acids is 1. The first-order valence-electron chi connectivity index (χ1n) is 6.97. The molecule has 0 amide bonds. The molecule has 102 valence electrons. The van der Waals surface area contributed by atoms with Gasteiger partial charge in [0.2, 0.25) is 0 Å². The van der Waals surface area contributed by atoms with Gasteiger partial charge in [-0.1, -0.05) is 6.07 Å². The molecule has 0 spiro atoms. The molecular formula is C15H19NO3. The van der Waals surface area contributed by atoms with Crippen LogP contribution in [-0.4, -0.2) is 31.6 Å². The van der Waals surface area contributed by atoms with Crippen molar-refractivity contribution in [3.8, 4) is 11.5 Å². The Morgan fingerprint density at radius 1 is 1.26 bits per heavy atom. The average Bonchev–Trinajstić information content (AvgIpc) is 2.99. The zero-order valence-electron chi connectivity index (χ0n) is 11.0. The summed E-state index contributed by atoms with van der Waals surface area (Å²) in [4.78, 5) is 12.0. The van der Waals surface area contributed by atoms with E-state index < -0.39 is 0 Å². The van der Waals surface area contributed by atoms with Gasteiger partial charge in [0.05, 0.1) is 6.04 Å². The third kappa shape index (κ3) is 2.89. The molecule has 1 N–H and O–H groups in total. The van der Waals surface area contributed by atoms with E-state index in [-0.39, 0.29) is 6.04 Å². The number of rotatable bonds is 4. The van der Waals surface area contributed by atoms with E-state index in [1.165, 1.54) is 0 Å². The summed E-state index contributed by atoms with van der Waals surface area (Å²) in [6, 6.07) is 6.02. The number of Topliss-reactive ketones (excluding diaryl/α,β-unsaturated/α-hetero) is 1. The van der Waals surface area contributed by atoms with Crippen LogP contribution in [-0.2, 0) is 11.2 Å². The first-order chi connectivity index (χ1) is 9.33. The minimum Gasteiger partial charge on any atom is -0.486 e. The summed E-state index contributed by atoms with van der Waals surface area (Å²) in [5, 5.41) is 3.25. The van der Waals surface area contributed by atoms with Gasteiger partial charge in [0.15, 0.2) is 11.5 Å². The highest BCUT2D eigenvalue weighted by Gasteiger charge is 2.21. The van der Waals surface area contributed by atoms with Crippen LogP contribution in [0.2, 0.25) is 0 Å². The SMILES string of the molecule is O=C(CCc1ccc2c(c1)OCCO2)C1CCCN1. The summed E-state index contributed by atoms with van der Waals surface area (Å²) in [6.07, 6.45) is 3.46. The number of fused-ring (bicyclic) bond motifs is 1. The van der Waals surface area contributed by atoms with Gasteiger partial charge in [0, 0.05) is 6.42 Å². The summed E-state index contributed by atoms with van der Waals surface area (Å²) < 4.78 is 11.0. The second kappa shape index (κ2) is 5.61. The van der Waals surface area contributed by atoms with Crippen molar-refractivity contribution < 1.29 is 14.3 Å². The van der Waals surface area contributed by atoms with Crippen molar-refractivity contribution in [2.24, 2.45) is 0 Å². The molecular weight excluding hydrogens is 242 g/mol. The smallest absolute Gasteiger partial charge is 0.161 e. The standard InChI is InChI=1S/C15H19NO3/c17-13(12-2-1-7-16-12)5-3-11-4-6-14-15(10-11)19-9-8-18-14/h4,6,10,12,16H,1-3,5,7-9H2. The number of carbonyl (C=O) groups is 1. The van der Waals surface area contributed by atoms with E-state index in [2.05, 4.69) is 5.32 Å². The van der Waals surface area contributed by atoms with Crippen LogP contribution < -0.4 is 14.8 Å². The number of ketones is 1. The molecule has 0 saturated carbocycles. The van der Waals surface area contributed by atoms with E-state index in [0.717, 1.165) is 42.9 Å². The lowest BCUT2D eigenvalue weighted by Crippen LogP contribution is -2.30. The Labute approximate surface area is 113 Å². The Balaban J connectivity index is 1.59. The molecule has 1 saturated heterocycles. The van der Waals surface area contributed by atoms with E-state index in [0.29, 0.717) is 25.4 Å². The van der Waals surface area contributed by atoms with Crippen molar-refractivity contribution in [2.75, 3.05) is 19.8 Å². The van der Waals surface area contributed by atoms with Crippen LogP contribution in [0.1, 0.15) is 24.8 Å². The molecule has 2 aliphatic rings. The monoisotopic (exact) mass is 261 g/mol. The fourth-order valence-corrected chi connectivity index (χ4v) is 2.64. The van der Waals surface area contributed by atoms with Crippen molar-refractivity contribution in [1.82, 2.24) is 5.32 Å². The largest absolute Gasteiger partial charge is 0.486 e. The zero-order chi connectivity index (χ0) is 13.1. The van der Waals surface area contributed by atoms with Crippen molar-refractivity contribution >= 4 is 5.78 Å². The van der Waals surface area contributed by atoms with Crippen LogP contribution >= 0.6 is 0 Å². The average molecular weight is 261 g/mol. The highest BCUT2D eigenvalue weighted by molar-refractivity contribution is 5.84. The fourth-order valence-electron chi connectivity index (χ4n) is 2.64. The van der Waals surface area contributed by atoms with Crippen LogP contribution in [0.15, 0.2) is 18.2 Å². The van der Waals surface area contributed by atoms with Crippen LogP contribution in [0, 0.1) is 0 Å². The molecule has 1 unspecified atom stereocenters. The van der Waals surface area contributed by atoms with E-state index >= 15 is 0 Å². The van der Waals surface area contributed by atoms with E-state index in [4.69, 9.17) is 9.47 Å². The minimum absolute atomic E-state index is 0.0808. The van der Waals surface area contributed by atoms with Crippen LogP contribution in [0.5, 0.6) is 11.5 Å². The van der Waals surface area contributed by atoms with Crippen LogP contribution in [0.25, 0.3) is 0 Å². The summed E-state index contributed by atoms with van der Waals surface area (Å²) in [6.45, 7) is 2.18. The van der Waals surface area contributed by atoms with Gasteiger partial charge < -0.3 is 14.8 Å². The summed E-state index contributed by atoms with van der Waals surface area (Å²) in [5.74, 6) is 1.93. The second-order valence-electron chi connectivity index (χ2n) is 5.09. The van der Waals surface area contributed by atoms with Crippen molar-refractivity contribution in [1.29, 1.82) is 0 Å². The van der Waals surface area contributed by atoms with Crippen LogP contribution in [0.3, 0.4) is 0 Å². The fraction of sp³-hybridized carbons (Fsp3) is 0.533. The van der Waals surface area contributed by atoms with Gasteiger partial charge in [-0.2, -0.15) is 0 Å². The predicted molar refractivity (Wildman–Crippen MR) is 71.8 cm³/mol. The number of nitrogens with one attached hydrogen (secondary N) is 1. The highest BCUT2D eigenvalue weighted by Crippen LogP contribution is 2.31. The maximum atomic E-state index is 12.0. The Bertz CT molecular complexity index is 466. The predicted octanol–water partition coefficient (Wildman–Crippen LogP) is 1.71. The Kier molecular flexibility index (Phi) is 3.69. The van der Waals surface area contributed by atoms with Crippen molar-refractivity contribution in [3.05, 3.63) is 23.8 Å². The van der Waals surface area contributed by atoms with Gasteiger partial charge in [-0.25, -0.2) is 0 Å². The topological polar surface area (TPSA) is 47.6 Å². The molecule has 19 heavy (non-hydrogen) atoms. The second-order valence-corrected chi connectivity index (χ2v) is 5.09. The van der Waals surface area contributed by atoms with Crippen LogP contribution in [0.4, 0.5) is 0 Å². The molecule has 0 aromatic heterocycles. The molecule has 1 aromatic rings. The first kappa shape index (κ1) is 12.5. The summed E-state index contributed by atoms with van der Waals surface area (Å²) >= 11 is 0. The summed E-state index contributed by atoms with van der Waals surface area (Å²) in [5.41, 5.74) is 1.13. The van der Waals surface area contributed by atoms with Gasteiger partial charge in [0.25, 0.3) is 0 Å². The lowest BCUT2D eigenvalue weighted by Gasteiger charge is -2.19. The Hall–Kier alpha value is -1.55. The van der Waals surface area contributed by atoms with Crippen molar-refractivity contribution in [2.45, 2.75) is 31.7 Å². The molecule has 0 radical (unpaired) electrons. The molecule has 4 heteroatoms. The molecule has 1 atom stereocenters. The molecule has 3 rings (SSSR count). The number of ether oxygens (including phenoxy) is 2. The Morgan fingerprint density at radius 2 is 2.11 bits per heavy atom. The number of benzene rings is 1. The first-order valence-corrected chi connectivity index (χ1v) is 6.97. The van der Waals surface area contributed by atoms with Gasteiger partial charge in [-0.3, -0.25) is 4.79 Å². The lowest BCUT2D eigenvalue weighted by molar-refractivity contribution is -0.120. The normalized spacial score (nSPS) is 21.4. The number of aryl methyl sites for hydroxylation is 1. The number of hydrogen-bond donors (Lipinski definition) is 1. The van der Waals surface area contributed by atoms with E-state index in [1.807, 2.05) is 18.2 Å². The lowest BCUT2D eigenvalue weighted by atomic mass is 10.0. The third-order valence-corrected chi connectivity index (χ3v) is 3.72. The molecule has 1 aromatic carbocycles. The minimum atomic E-state index is 0.0808. The van der Waals surface area contributed by atoms with E-state index in [1.54, 1.807) is 0 Å². The zero-order valence-corrected chi connectivity index (χ0v) is 11.0. The highest BCUT2D eigenvalue weighted by atomic mass is 16.6. The maximum absolute atomic E-state index is 12.0. The molecule has 2 aliphatic heterocycles. The van der Waals surface area contributed by atoms with Gasteiger partial charge in [-0.05, 0) is 43.5 Å². The quantitative estimate of drug-likeness (QED) is 0.896. The molecule has 0 aliphatic carbocycles. The van der Waals surface area contributed by atoms with Gasteiger partial charge >= 0.3 is 0 Å². The Morgan fingerprint density at radius 3 is 2.89 bits per heavy atom. The molecule has 2 heterocycles.